The predicted molar refractivity (Wildman–Crippen MR) is 89.7 cm³/mol. The van der Waals surface area contributed by atoms with E-state index in [4.69, 9.17) is 18.6 Å². The van der Waals surface area contributed by atoms with Crippen LogP contribution in [0.15, 0.2) is 84.9 Å². The van der Waals surface area contributed by atoms with Crippen LogP contribution < -0.4 is 0 Å². The second-order valence-corrected chi connectivity index (χ2v) is 6.96. The maximum Gasteiger partial charge on any atom is -0.172 e. The first-order chi connectivity index (χ1) is 10.3. The summed E-state index contributed by atoms with van der Waals surface area (Å²) in [5.41, 5.74) is 2.78. The standard InChI is InChI=1S/C13H13.C5H5.2ClH.Ti/c1-11(13-9-5-6-10-13)12-7-3-2-4-8-12;1-2-4-5-3-1;;;/h2-11H,1H3;1-5H;2*1H;/q2*-1;;;+2/p-2. The maximum absolute atomic E-state index is 4.89. The molecule has 0 radical (unpaired) electrons. The van der Waals surface area contributed by atoms with E-state index < -0.39 is 17.0 Å². The minimum absolute atomic E-state index is 0.510. The summed E-state index contributed by atoms with van der Waals surface area (Å²) in [6.45, 7) is 2.24. The Hall–Kier alpha value is -0.786. The van der Waals surface area contributed by atoms with Crippen LogP contribution in [0.5, 0.6) is 0 Å². The van der Waals surface area contributed by atoms with Crippen LogP contribution in [0.25, 0.3) is 0 Å². The molecular weight excluding hydrogens is 335 g/mol. The number of rotatable bonds is 2. The Balaban J connectivity index is 0.000000228. The zero-order valence-electron chi connectivity index (χ0n) is 11.9. The molecule has 3 aromatic rings. The largest absolute Gasteiger partial charge is 0.214 e. The fourth-order valence-corrected chi connectivity index (χ4v) is 1.93. The van der Waals surface area contributed by atoms with Gasteiger partial charge >= 0.3 is 35.6 Å². The first-order valence-electron chi connectivity index (χ1n) is 6.69. The van der Waals surface area contributed by atoms with E-state index in [1.807, 2.05) is 30.3 Å². The van der Waals surface area contributed by atoms with Gasteiger partial charge in [0, 0.05) is 0 Å². The van der Waals surface area contributed by atoms with Crippen molar-refractivity contribution in [2.75, 3.05) is 0 Å². The summed E-state index contributed by atoms with van der Waals surface area (Å²) in [4.78, 5) is 0. The van der Waals surface area contributed by atoms with Crippen LogP contribution >= 0.6 is 18.6 Å². The first kappa shape index (κ1) is 18.3. The summed E-state index contributed by atoms with van der Waals surface area (Å²) in [5.74, 6) is 0.510. The van der Waals surface area contributed by atoms with Gasteiger partial charge in [0.2, 0.25) is 0 Å². The molecule has 0 aliphatic rings. The van der Waals surface area contributed by atoms with E-state index in [9.17, 15) is 0 Å². The minimum atomic E-state index is -0.556. The quantitative estimate of drug-likeness (QED) is 0.373. The van der Waals surface area contributed by atoms with Crippen molar-refractivity contribution in [3.05, 3.63) is 96.1 Å². The number of benzene rings is 1. The molecule has 110 valence electrons. The van der Waals surface area contributed by atoms with Gasteiger partial charge in [-0.15, -0.1) is 0 Å². The van der Waals surface area contributed by atoms with Crippen LogP contribution in [0.2, 0.25) is 0 Å². The fourth-order valence-electron chi connectivity index (χ4n) is 1.93. The van der Waals surface area contributed by atoms with E-state index >= 15 is 0 Å². The van der Waals surface area contributed by atoms with Gasteiger partial charge in [-0.25, -0.2) is 24.3 Å². The third-order valence-corrected chi connectivity index (χ3v) is 3.04. The molecule has 0 aromatic heterocycles. The Kier molecular flexibility index (Phi) is 10.3. The van der Waals surface area contributed by atoms with Crippen molar-refractivity contribution in [3.8, 4) is 0 Å². The molecule has 21 heavy (non-hydrogen) atoms. The van der Waals surface area contributed by atoms with Crippen molar-refractivity contribution >= 4 is 18.6 Å². The molecule has 0 saturated heterocycles. The van der Waals surface area contributed by atoms with Crippen molar-refractivity contribution in [2.24, 2.45) is 0 Å². The zero-order chi connectivity index (χ0) is 15.3. The van der Waals surface area contributed by atoms with Crippen LogP contribution in [-0.4, -0.2) is 0 Å². The zero-order valence-corrected chi connectivity index (χ0v) is 15.0. The van der Waals surface area contributed by atoms with Gasteiger partial charge in [-0.05, 0) is 5.92 Å². The second kappa shape index (κ2) is 11.8. The van der Waals surface area contributed by atoms with Gasteiger partial charge in [0.1, 0.15) is 0 Å². The van der Waals surface area contributed by atoms with Gasteiger partial charge in [-0.2, -0.15) is 35.9 Å². The molecule has 0 bridgehead atoms. The molecule has 0 heterocycles. The second-order valence-electron chi connectivity index (χ2n) is 4.38. The summed E-state index contributed by atoms with van der Waals surface area (Å²) in [7, 11) is 9.78. The molecule has 0 saturated carbocycles. The molecule has 3 heteroatoms. The van der Waals surface area contributed by atoms with Gasteiger partial charge in [0.15, 0.2) is 0 Å². The van der Waals surface area contributed by atoms with E-state index in [1.165, 1.54) is 11.1 Å². The van der Waals surface area contributed by atoms with Crippen LogP contribution in [0.3, 0.4) is 0 Å². The number of halogens is 2. The van der Waals surface area contributed by atoms with Crippen LogP contribution in [0, 0.1) is 0 Å². The Morgan fingerprint density at radius 1 is 0.905 bits per heavy atom. The van der Waals surface area contributed by atoms with Crippen LogP contribution in [0.1, 0.15) is 24.0 Å². The molecule has 0 aliphatic heterocycles. The van der Waals surface area contributed by atoms with E-state index in [2.05, 4.69) is 61.5 Å². The molecule has 0 nitrogen and oxygen atoms in total. The van der Waals surface area contributed by atoms with E-state index in [-0.39, 0.29) is 0 Å². The summed E-state index contributed by atoms with van der Waals surface area (Å²) in [6, 6.07) is 29.1. The molecule has 0 N–H and O–H groups in total. The van der Waals surface area contributed by atoms with Crippen molar-refractivity contribution in [3.63, 3.8) is 0 Å². The Morgan fingerprint density at radius 3 is 1.86 bits per heavy atom. The molecule has 1 atom stereocenters. The average Bonchev–Trinajstić information content (AvgIpc) is 3.24. The average molecular weight is 353 g/mol. The smallest absolute Gasteiger partial charge is 0.172 e. The maximum atomic E-state index is 4.89. The van der Waals surface area contributed by atoms with Crippen molar-refractivity contribution < 1.29 is 17.0 Å². The Morgan fingerprint density at radius 2 is 1.43 bits per heavy atom. The fraction of sp³-hybridized carbons (Fsp3) is 0.111. The number of hydrogen-bond donors (Lipinski definition) is 0. The molecule has 3 aromatic carbocycles. The monoisotopic (exact) mass is 352 g/mol. The van der Waals surface area contributed by atoms with Gasteiger partial charge < -0.3 is 0 Å². The minimum Gasteiger partial charge on any atom is -0.214 e. The normalized spacial score (nSPS) is 10.4. The molecule has 0 amide bonds. The topological polar surface area (TPSA) is 0 Å². The third kappa shape index (κ3) is 7.69. The molecule has 1 unspecified atom stereocenters. The van der Waals surface area contributed by atoms with E-state index in [0.717, 1.165) is 0 Å². The van der Waals surface area contributed by atoms with Gasteiger partial charge in [0.25, 0.3) is 0 Å². The first-order valence-corrected chi connectivity index (χ1v) is 11.0. The predicted octanol–water partition coefficient (Wildman–Crippen LogP) is 6.34. The summed E-state index contributed by atoms with van der Waals surface area (Å²) in [6.07, 6.45) is 0. The van der Waals surface area contributed by atoms with Crippen LogP contribution in [-0.2, 0) is 17.0 Å². The molecule has 0 spiro atoms. The Bertz CT molecular complexity index is 513. The third-order valence-electron chi connectivity index (χ3n) is 3.04. The molecule has 0 aliphatic carbocycles. The van der Waals surface area contributed by atoms with Gasteiger partial charge in [0.05, 0.1) is 0 Å². The van der Waals surface area contributed by atoms with Crippen molar-refractivity contribution in [2.45, 2.75) is 12.8 Å². The molecular formula is C18H18Cl2Ti-2. The summed E-state index contributed by atoms with van der Waals surface area (Å²) in [5, 5.41) is 0. The molecule has 3 rings (SSSR count). The van der Waals surface area contributed by atoms with Gasteiger partial charge in [-0.3, -0.25) is 0 Å². The van der Waals surface area contributed by atoms with Crippen molar-refractivity contribution in [1.82, 2.24) is 0 Å². The summed E-state index contributed by atoms with van der Waals surface area (Å²) >= 11 is -0.556. The van der Waals surface area contributed by atoms with E-state index in [1.54, 1.807) is 0 Å². The SMILES string of the molecule is CC(c1ccccc1)[c-]1cccc1.[Cl][Ti][Cl].c1cc[cH-]c1. The van der Waals surface area contributed by atoms with E-state index in [0.29, 0.717) is 5.92 Å². The van der Waals surface area contributed by atoms with Crippen molar-refractivity contribution in [1.29, 1.82) is 0 Å². The van der Waals surface area contributed by atoms with Crippen LogP contribution in [0.4, 0.5) is 0 Å². The summed E-state index contributed by atoms with van der Waals surface area (Å²) < 4.78 is 0. The number of hydrogen-bond acceptors (Lipinski definition) is 0. The van der Waals surface area contributed by atoms with Gasteiger partial charge in [-0.1, -0.05) is 42.8 Å². The Labute approximate surface area is 144 Å². The molecule has 0 fully saturated rings.